The van der Waals surface area contributed by atoms with Gasteiger partial charge >= 0.3 is 23.9 Å². The van der Waals surface area contributed by atoms with Crippen molar-refractivity contribution in [3.8, 4) is 11.9 Å². The number of aromatic nitrogens is 2. The topological polar surface area (TPSA) is 143 Å². The SMILES string of the molecule is NCCc1c2nc3n1OC(=O)CC(O)(CC(=O)O2)C(=O)O3. The summed E-state index contributed by atoms with van der Waals surface area (Å²) in [6.45, 7) is 0.158. The second-order valence-corrected chi connectivity index (χ2v) is 4.69. The fourth-order valence-electron chi connectivity index (χ4n) is 2.12. The Kier molecular flexibility index (Phi) is 2.92. The quantitative estimate of drug-likeness (QED) is 0.575. The molecule has 3 heterocycles. The molecule has 10 heteroatoms. The van der Waals surface area contributed by atoms with Crippen molar-refractivity contribution in [3.63, 3.8) is 0 Å². The van der Waals surface area contributed by atoms with Crippen molar-refractivity contribution >= 4 is 17.9 Å². The molecule has 0 aliphatic carbocycles. The molecule has 0 fully saturated rings. The molecule has 0 spiro atoms. The van der Waals surface area contributed by atoms with Crippen molar-refractivity contribution < 1.29 is 33.8 Å². The third-order valence-corrected chi connectivity index (χ3v) is 3.09. The van der Waals surface area contributed by atoms with Crippen LogP contribution in [0.1, 0.15) is 18.5 Å². The Balaban J connectivity index is 2.21. The van der Waals surface area contributed by atoms with Gasteiger partial charge in [0.2, 0.25) is 0 Å². The van der Waals surface area contributed by atoms with Gasteiger partial charge in [-0.15, -0.1) is 4.73 Å². The summed E-state index contributed by atoms with van der Waals surface area (Å²) in [4.78, 5) is 44.3. The molecule has 3 N–H and O–H groups in total. The summed E-state index contributed by atoms with van der Waals surface area (Å²) >= 11 is 0. The number of imidazole rings is 1. The van der Waals surface area contributed by atoms with Gasteiger partial charge in [-0.2, -0.15) is 4.98 Å². The first-order chi connectivity index (χ1) is 9.93. The third-order valence-electron chi connectivity index (χ3n) is 3.09. The van der Waals surface area contributed by atoms with E-state index in [2.05, 4.69) is 4.98 Å². The normalized spacial score (nSPS) is 24.4. The predicted octanol–water partition coefficient (Wildman–Crippen LogP) is -2.31. The number of carbonyl (C=O) groups is 3. The Morgan fingerprint density at radius 2 is 1.95 bits per heavy atom. The molecule has 0 saturated heterocycles. The lowest BCUT2D eigenvalue weighted by atomic mass is 9.95. The van der Waals surface area contributed by atoms with Gasteiger partial charge in [0.1, 0.15) is 5.69 Å². The summed E-state index contributed by atoms with van der Waals surface area (Å²) in [6, 6.07) is -0.403. The maximum absolute atomic E-state index is 12.0. The number of fused-ring (bicyclic) bond motifs is 3. The molecule has 2 aliphatic rings. The van der Waals surface area contributed by atoms with Gasteiger partial charge < -0.3 is 25.2 Å². The van der Waals surface area contributed by atoms with E-state index < -0.39 is 42.4 Å². The highest BCUT2D eigenvalue weighted by molar-refractivity contribution is 5.92. The summed E-state index contributed by atoms with van der Waals surface area (Å²) < 4.78 is 10.7. The van der Waals surface area contributed by atoms with Gasteiger partial charge in [0.05, 0.1) is 12.8 Å². The standard InChI is InChI=1S/C11H11N3O7/c12-2-1-5-8-13-10-14(5)21-7(16)4-11(18,9(17)20-10)3-6(15)19-8/h18H,1-4,12H2. The van der Waals surface area contributed by atoms with Crippen molar-refractivity contribution in [2.24, 2.45) is 5.73 Å². The van der Waals surface area contributed by atoms with E-state index in [0.29, 0.717) is 0 Å². The lowest BCUT2D eigenvalue weighted by Gasteiger charge is -2.26. The van der Waals surface area contributed by atoms with Crippen LogP contribution in [0.3, 0.4) is 0 Å². The molecule has 21 heavy (non-hydrogen) atoms. The summed E-state index contributed by atoms with van der Waals surface area (Å²) in [7, 11) is 0. The Morgan fingerprint density at radius 1 is 1.24 bits per heavy atom. The maximum atomic E-state index is 12.0. The van der Waals surface area contributed by atoms with Gasteiger partial charge in [-0.25, -0.2) is 9.59 Å². The number of rotatable bonds is 2. The Hall–Kier alpha value is -2.46. The van der Waals surface area contributed by atoms with Crippen LogP contribution in [0.5, 0.6) is 11.9 Å². The first-order valence-electron chi connectivity index (χ1n) is 6.11. The summed E-state index contributed by atoms with van der Waals surface area (Å²) in [5, 5.41) is 10.1. The molecule has 0 radical (unpaired) electrons. The minimum Gasteiger partial charge on any atom is -0.405 e. The Labute approximate surface area is 117 Å². The summed E-state index contributed by atoms with van der Waals surface area (Å²) in [5.74, 6) is -3.17. The lowest BCUT2D eigenvalue weighted by Crippen LogP contribution is -2.49. The van der Waals surface area contributed by atoms with E-state index >= 15 is 0 Å². The first kappa shape index (κ1) is 13.5. The highest BCUT2D eigenvalue weighted by atomic mass is 16.7. The van der Waals surface area contributed by atoms with Gasteiger partial charge in [-0.1, -0.05) is 0 Å². The van der Waals surface area contributed by atoms with E-state index in [1.165, 1.54) is 0 Å². The zero-order valence-corrected chi connectivity index (χ0v) is 10.7. The van der Waals surface area contributed by atoms with Crippen LogP contribution in [-0.4, -0.2) is 44.9 Å². The van der Waals surface area contributed by atoms with Crippen molar-refractivity contribution in [2.45, 2.75) is 24.9 Å². The first-order valence-corrected chi connectivity index (χ1v) is 6.11. The number of ether oxygens (including phenoxy) is 2. The molecule has 0 aromatic carbocycles. The summed E-state index contributed by atoms with van der Waals surface area (Å²) in [5.41, 5.74) is 3.29. The lowest BCUT2D eigenvalue weighted by molar-refractivity contribution is -0.175. The van der Waals surface area contributed by atoms with Crippen LogP contribution in [0.15, 0.2) is 0 Å². The average molecular weight is 297 g/mol. The Bertz CT molecular complexity index is 652. The van der Waals surface area contributed by atoms with Gasteiger partial charge in [0.25, 0.3) is 5.88 Å². The van der Waals surface area contributed by atoms with Crippen LogP contribution < -0.4 is 20.0 Å². The van der Waals surface area contributed by atoms with Gasteiger partial charge in [0.15, 0.2) is 5.60 Å². The van der Waals surface area contributed by atoms with Crippen molar-refractivity contribution in [2.75, 3.05) is 6.54 Å². The van der Waals surface area contributed by atoms with Crippen molar-refractivity contribution in [1.29, 1.82) is 0 Å². The number of esters is 2. The molecule has 1 aromatic rings. The molecule has 112 valence electrons. The number of hydrogen-bond donors (Lipinski definition) is 2. The largest absolute Gasteiger partial charge is 0.405 e. The molecule has 10 nitrogen and oxygen atoms in total. The number of aliphatic hydroxyl groups is 1. The maximum Gasteiger partial charge on any atom is 0.347 e. The van der Waals surface area contributed by atoms with Gasteiger partial charge in [-0.3, -0.25) is 4.79 Å². The van der Waals surface area contributed by atoms with E-state index in [9.17, 15) is 19.5 Å². The van der Waals surface area contributed by atoms with Crippen molar-refractivity contribution in [1.82, 2.24) is 9.71 Å². The second-order valence-electron chi connectivity index (χ2n) is 4.69. The molecule has 3 rings (SSSR count). The molecule has 0 amide bonds. The Morgan fingerprint density at radius 3 is 2.67 bits per heavy atom. The molecular weight excluding hydrogens is 286 g/mol. The van der Waals surface area contributed by atoms with E-state index in [-0.39, 0.29) is 24.5 Å². The number of nitrogens with two attached hydrogens (primary N) is 1. The molecule has 2 aliphatic heterocycles. The smallest absolute Gasteiger partial charge is 0.347 e. The molecule has 1 unspecified atom stereocenters. The zero-order valence-electron chi connectivity index (χ0n) is 10.7. The highest BCUT2D eigenvalue weighted by Gasteiger charge is 2.48. The summed E-state index contributed by atoms with van der Waals surface area (Å²) in [6.07, 6.45) is -1.32. The predicted molar refractivity (Wildman–Crippen MR) is 62.0 cm³/mol. The minimum atomic E-state index is -2.35. The second kappa shape index (κ2) is 4.53. The van der Waals surface area contributed by atoms with Crippen LogP contribution in [0.2, 0.25) is 0 Å². The van der Waals surface area contributed by atoms with Crippen LogP contribution >= 0.6 is 0 Å². The fraction of sp³-hybridized carbons (Fsp3) is 0.455. The van der Waals surface area contributed by atoms with Crippen LogP contribution in [-0.2, 0) is 20.8 Å². The number of carbonyl (C=O) groups excluding carboxylic acids is 3. The zero-order chi connectivity index (χ0) is 15.2. The van der Waals surface area contributed by atoms with E-state index in [0.717, 1.165) is 4.73 Å². The van der Waals surface area contributed by atoms with Crippen molar-refractivity contribution in [3.05, 3.63) is 5.69 Å². The van der Waals surface area contributed by atoms with E-state index in [4.69, 9.17) is 20.0 Å². The molecule has 0 saturated carbocycles. The van der Waals surface area contributed by atoms with E-state index in [1.807, 2.05) is 0 Å². The molecule has 1 aromatic heterocycles. The van der Waals surface area contributed by atoms with Crippen LogP contribution in [0, 0.1) is 0 Å². The monoisotopic (exact) mass is 297 g/mol. The van der Waals surface area contributed by atoms with Gasteiger partial charge in [-0.05, 0) is 6.54 Å². The molecular formula is C11H11N3O7. The molecule has 3 bridgehead atoms. The molecule has 1 atom stereocenters. The third kappa shape index (κ3) is 2.14. The van der Waals surface area contributed by atoms with Crippen LogP contribution in [0.25, 0.3) is 0 Å². The van der Waals surface area contributed by atoms with Crippen LogP contribution in [0.4, 0.5) is 0 Å². The van der Waals surface area contributed by atoms with E-state index in [1.54, 1.807) is 0 Å². The minimum absolute atomic E-state index is 0.158. The van der Waals surface area contributed by atoms with Gasteiger partial charge in [0, 0.05) is 6.42 Å². The average Bonchev–Trinajstić information content (AvgIpc) is 2.67. The number of nitrogens with zero attached hydrogens (tertiary/aromatic N) is 2. The number of hydrogen-bond acceptors (Lipinski definition) is 9. The fourth-order valence-corrected chi connectivity index (χ4v) is 2.12. The highest BCUT2D eigenvalue weighted by Crippen LogP contribution is 2.31.